The molecule has 0 bridgehead atoms. The molecule has 0 heterocycles. The van der Waals surface area contributed by atoms with Gasteiger partial charge in [0.25, 0.3) is 5.91 Å². The first-order valence-electron chi connectivity index (χ1n) is 6.79. The summed E-state index contributed by atoms with van der Waals surface area (Å²) in [4.78, 5) is 23.6. The minimum Gasteiger partial charge on any atom is -0.480 e. The molecule has 0 saturated carbocycles. The molecule has 1 atom stereocenters. The predicted molar refractivity (Wildman–Crippen MR) is 85.2 cm³/mol. The molecule has 6 heteroatoms. The van der Waals surface area contributed by atoms with Crippen molar-refractivity contribution in [2.45, 2.75) is 12.5 Å². The summed E-state index contributed by atoms with van der Waals surface area (Å²) in [5.41, 5.74) is 1.14. The number of halogens is 1. The maximum atomic E-state index is 12.2. The Bertz CT molecular complexity index is 783. The van der Waals surface area contributed by atoms with Crippen molar-refractivity contribution in [2.75, 3.05) is 0 Å². The number of amides is 1. The summed E-state index contributed by atoms with van der Waals surface area (Å²) >= 11 is 5.94. The highest BCUT2D eigenvalue weighted by molar-refractivity contribution is 6.33. The third-order valence-corrected chi connectivity index (χ3v) is 3.61. The topological polar surface area (TPSA) is 90.2 Å². The van der Waals surface area contributed by atoms with E-state index in [1.165, 1.54) is 6.07 Å². The lowest BCUT2D eigenvalue weighted by Gasteiger charge is -2.16. The highest BCUT2D eigenvalue weighted by Gasteiger charge is 2.23. The Hall–Kier alpha value is -2.84. The molecule has 0 saturated heterocycles. The van der Waals surface area contributed by atoms with Crippen LogP contribution < -0.4 is 5.32 Å². The average Bonchev–Trinajstić information content (AvgIpc) is 2.54. The van der Waals surface area contributed by atoms with Crippen LogP contribution in [0.5, 0.6) is 0 Å². The number of hydrogen-bond donors (Lipinski definition) is 2. The Morgan fingerprint density at radius 2 is 1.83 bits per heavy atom. The molecule has 0 fully saturated rings. The largest absolute Gasteiger partial charge is 0.480 e. The van der Waals surface area contributed by atoms with Crippen molar-refractivity contribution in [3.05, 3.63) is 70.2 Å². The predicted octanol–water partition coefficient (Wildman–Crippen LogP) is 2.64. The van der Waals surface area contributed by atoms with Crippen LogP contribution in [0.4, 0.5) is 0 Å². The zero-order chi connectivity index (χ0) is 16.8. The molecule has 116 valence electrons. The number of hydrogen-bond acceptors (Lipinski definition) is 3. The quantitative estimate of drug-likeness (QED) is 0.882. The minimum atomic E-state index is -1.18. The molecule has 2 N–H and O–H groups in total. The van der Waals surface area contributed by atoms with Crippen LogP contribution in [0.25, 0.3) is 0 Å². The van der Waals surface area contributed by atoms with E-state index >= 15 is 0 Å². The summed E-state index contributed by atoms with van der Waals surface area (Å²) in [6.45, 7) is 0. The zero-order valence-electron chi connectivity index (χ0n) is 12.0. The monoisotopic (exact) mass is 328 g/mol. The van der Waals surface area contributed by atoms with Gasteiger partial charge in [0.15, 0.2) is 0 Å². The Kier molecular flexibility index (Phi) is 5.34. The molecule has 5 nitrogen and oxygen atoms in total. The van der Waals surface area contributed by atoms with Crippen LogP contribution in [-0.2, 0) is 11.2 Å². The first kappa shape index (κ1) is 16.5. The van der Waals surface area contributed by atoms with Crippen LogP contribution in [0.3, 0.4) is 0 Å². The summed E-state index contributed by atoms with van der Waals surface area (Å²) in [5, 5.41) is 21.1. The summed E-state index contributed by atoms with van der Waals surface area (Å²) in [6, 6.07) is 13.9. The van der Waals surface area contributed by atoms with Gasteiger partial charge in [-0.25, -0.2) is 4.79 Å². The number of aliphatic carboxylic acids is 1. The number of nitrogens with zero attached hydrogens (tertiary/aromatic N) is 1. The van der Waals surface area contributed by atoms with Gasteiger partial charge in [-0.05, 0) is 23.8 Å². The number of carbonyl (C=O) groups excluding carboxylic acids is 1. The molecule has 2 aromatic carbocycles. The second-order valence-corrected chi connectivity index (χ2v) is 5.22. The molecule has 0 aliphatic heterocycles. The highest BCUT2D eigenvalue weighted by Crippen LogP contribution is 2.16. The van der Waals surface area contributed by atoms with Gasteiger partial charge in [0.05, 0.1) is 22.2 Å². The molecule has 0 aliphatic rings. The molecular formula is C17H13ClN2O3. The highest BCUT2D eigenvalue weighted by atomic mass is 35.5. The Labute approximate surface area is 138 Å². The molecule has 0 aliphatic carbocycles. The number of carboxylic acid groups (broad SMARTS) is 1. The van der Waals surface area contributed by atoms with Gasteiger partial charge < -0.3 is 10.4 Å². The Morgan fingerprint density at radius 1 is 1.17 bits per heavy atom. The minimum absolute atomic E-state index is 0.00919. The fraction of sp³-hybridized carbons (Fsp3) is 0.118. The lowest BCUT2D eigenvalue weighted by atomic mass is 10.0. The maximum Gasteiger partial charge on any atom is 0.326 e. The van der Waals surface area contributed by atoms with Crippen molar-refractivity contribution in [3.63, 3.8) is 0 Å². The maximum absolute atomic E-state index is 12.2. The van der Waals surface area contributed by atoms with Crippen molar-refractivity contribution in [1.82, 2.24) is 5.32 Å². The van der Waals surface area contributed by atoms with Crippen LogP contribution in [0.2, 0.25) is 5.02 Å². The van der Waals surface area contributed by atoms with Gasteiger partial charge in [-0.2, -0.15) is 5.26 Å². The number of nitriles is 1. The van der Waals surface area contributed by atoms with Gasteiger partial charge >= 0.3 is 5.97 Å². The number of rotatable bonds is 5. The van der Waals surface area contributed by atoms with E-state index in [9.17, 15) is 14.7 Å². The van der Waals surface area contributed by atoms with Gasteiger partial charge in [0.2, 0.25) is 0 Å². The van der Waals surface area contributed by atoms with Crippen LogP contribution in [0.15, 0.2) is 48.5 Å². The second kappa shape index (κ2) is 7.43. The molecule has 0 radical (unpaired) electrons. The van der Waals surface area contributed by atoms with E-state index in [0.717, 1.165) is 0 Å². The molecule has 0 spiro atoms. The fourth-order valence-corrected chi connectivity index (χ4v) is 2.33. The van der Waals surface area contributed by atoms with Gasteiger partial charge in [0.1, 0.15) is 6.04 Å². The first-order chi connectivity index (χ1) is 11.0. The molecular weight excluding hydrogens is 316 g/mol. The van der Waals surface area contributed by atoms with Crippen LogP contribution in [0.1, 0.15) is 21.5 Å². The normalized spacial score (nSPS) is 11.3. The van der Waals surface area contributed by atoms with Gasteiger partial charge in [0, 0.05) is 6.42 Å². The standard InChI is InChI=1S/C17H13ClN2O3/c18-14-8-4-3-7-13(14)16(21)20-15(17(22)23)9-11-5-1-2-6-12(11)10-19/h1-8,15H,9H2,(H,20,21)(H,22,23)/t15-/m0/s1. The van der Waals surface area contributed by atoms with E-state index in [1.807, 2.05) is 6.07 Å². The lowest BCUT2D eigenvalue weighted by Crippen LogP contribution is -2.42. The zero-order valence-corrected chi connectivity index (χ0v) is 12.7. The molecule has 2 rings (SSSR count). The Balaban J connectivity index is 2.20. The number of carboxylic acids is 1. The molecule has 23 heavy (non-hydrogen) atoms. The van der Waals surface area contributed by atoms with Crippen molar-refractivity contribution >= 4 is 23.5 Å². The molecule has 0 unspecified atom stereocenters. The van der Waals surface area contributed by atoms with E-state index in [2.05, 4.69) is 5.32 Å². The van der Waals surface area contributed by atoms with Crippen LogP contribution >= 0.6 is 11.6 Å². The van der Waals surface area contributed by atoms with Gasteiger partial charge in [-0.1, -0.05) is 41.9 Å². The number of nitrogens with one attached hydrogen (secondary N) is 1. The summed E-state index contributed by atoms with van der Waals surface area (Å²) in [5.74, 6) is -1.75. The summed E-state index contributed by atoms with van der Waals surface area (Å²) < 4.78 is 0. The SMILES string of the molecule is N#Cc1ccccc1C[C@H](NC(=O)c1ccccc1Cl)C(=O)O. The number of benzene rings is 2. The smallest absolute Gasteiger partial charge is 0.326 e. The number of carbonyl (C=O) groups is 2. The van der Waals surface area contributed by atoms with E-state index in [0.29, 0.717) is 11.1 Å². The second-order valence-electron chi connectivity index (χ2n) is 4.82. The van der Waals surface area contributed by atoms with Crippen molar-refractivity contribution in [2.24, 2.45) is 0 Å². The van der Waals surface area contributed by atoms with Crippen molar-refractivity contribution in [1.29, 1.82) is 5.26 Å². The summed E-state index contributed by atoms with van der Waals surface area (Å²) in [6.07, 6.45) is 0.00919. The van der Waals surface area contributed by atoms with E-state index in [4.69, 9.17) is 16.9 Å². The van der Waals surface area contributed by atoms with E-state index < -0.39 is 17.9 Å². The molecule has 1 amide bonds. The van der Waals surface area contributed by atoms with Crippen molar-refractivity contribution < 1.29 is 14.7 Å². The lowest BCUT2D eigenvalue weighted by molar-refractivity contribution is -0.139. The Morgan fingerprint density at radius 3 is 2.48 bits per heavy atom. The summed E-state index contributed by atoms with van der Waals surface area (Å²) in [7, 11) is 0. The van der Waals surface area contributed by atoms with Gasteiger partial charge in [-0.3, -0.25) is 4.79 Å². The fourth-order valence-electron chi connectivity index (χ4n) is 2.11. The first-order valence-corrected chi connectivity index (χ1v) is 7.17. The van der Waals surface area contributed by atoms with Crippen molar-refractivity contribution in [3.8, 4) is 6.07 Å². The molecule has 2 aromatic rings. The van der Waals surface area contributed by atoms with E-state index in [-0.39, 0.29) is 17.0 Å². The van der Waals surface area contributed by atoms with Gasteiger partial charge in [-0.15, -0.1) is 0 Å². The van der Waals surface area contributed by atoms with Crippen LogP contribution in [0, 0.1) is 11.3 Å². The third-order valence-electron chi connectivity index (χ3n) is 3.28. The van der Waals surface area contributed by atoms with Crippen LogP contribution in [-0.4, -0.2) is 23.0 Å². The van der Waals surface area contributed by atoms with E-state index in [1.54, 1.807) is 42.5 Å². The molecule has 0 aromatic heterocycles. The average molecular weight is 329 g/mol. The third kappa shape index (κ3) is 4.09.